The van der Waals surface area contributed by atoms with Crippen molar-refractivity contribution in [1.82, 2.24) is 0 Å². The van der Waals surface area contributed by atoms with Crippen LogP contribution < -0.4 is 0 Å². The number of carboxylic acids is 1. The molecule has 0 radical (unpaired) electrons. The van der Waals surface area contributed by atoms with Crippen molar-refractivity contribution in [2.24, 2.45) is 17.8 Å². The van der Waals surface area contributed by atoms with Gasteiger partial charge in [-0.2, -0.15) is 0 Å². The Morgan fingerprint density at radius 2 is 1.00 bits per heavy atom. The molecule has 0 rings (SSSR count). The fraction of sp³-hybridized carbons (Fsp3) is 0.944. The molecule has 0 aromatic carbocycles. The van der Waals surface area contributed by atoms with Gasteiger partial charge in [-0.3, -0.25) is 9.59 Å². The number of carbonyl (C=O) groups is 2. The van der Waals surface area contributed by atoms with Gasteiger partial charge >= 0.3 is 11.9 Å². The average Bonchev–Trinajstić information content (AvgIpc) is 2.94. The zero-order valence-electron chi connectivity index (χ0n) is 28.1. The number of esters is 1. The Balaban J connectivity index is 0. The largest absolute Gasteiger partial charge is 0.481 e. The van der Waals surface area contributed by atoms with Crippen LogP contribution in [0, 0.1) is 17.8 Å². The van der Waals surface area contributed by atoms with Crippen molar-refractivity contribution in [3.63, 3.8) is 0 Å². The van der Waals surface area contributed by atoms with Crippen LogP contribution in [-0.4, -0.2) is 23.7 Å². The summed E-state index contributed by atoms with van der Waals surface area (Å²) in [5.41, 5.74) is 0. The zero-order chi connectivity index (χ0) is 30.3. The van der Waals surface area contributed by atoms with Gasteiger partial charge in [0.2, 0.25) is 0 Å². The lowest BCUT2D eigenvalue weighted by Crippen LogP contribution is -2.24. The first kappa shape index (κ1) is 41.1. The van der Waals surface area contributed by atoms with Crippen LogP contribution in [0.25, 0.3) is 0 Å². The molecule has 0 aliphatic heterocycles. The van der Waals surface area contributed by atoms with E-state index in [1.165, 1.54) is 103 Å². The van der Waals surface area contributed by atoms with Gasteiger partial charge in [-0.15, -0.1) is 0 Å². The summed E-state index contributed by atoms with van der Waals surface area (Å²) in [5.74, 6) is 0.327. The molecule has 0 bridgehead atoms. The molecule has 0 aromatic heterocycles. The van der Waals surface area contributed by atoms with Crippen LogP contribution in [0.2, 0.25) is 0 Å². The van der Waals surface area contributed by atoms with Crippen molar-refractivity contribution in [3.8, 4) is 0 Å². The highest BCUT2D eigenvalue weighted by atomic mass is 16.5. The molecule has 0 saturated heterocycles. The van der Waals surface area contributed by atoms with E-state index >= 15 is 0 Å². The van der Waals surface area contributed by atoms with E-state index in [1.807, 2.05) is 0 Å². The zero-order valence-corrected chi connectivity index (χ0v) is 28.1. The molecular weight excluding hydrogens is 496 g/mol. The Kier molecular flexibility index (Phi) is 33.3. The van der Waals surface area contributed by atoms with Crippen molar-refractivity contribution in [2.75, 3.05) is 6.61 Å². The predicted molar refractivity (Wildman–Crippen MR) is 174 cm³/mol. The second-order valence-corrected chi connectivity index (χ2v) is 12.2. The summed E-state index contributed by atoms with van der Waals surface area (Å²) in [7, 11) is 0. The third kappa shape index (κ3) is 27.1. The van der Waals surface area contributed by atoms with E-state index in [9.17, 15) is 14.7 Å². The maximum Gasteiger partial charge on any atom is 0.306 e. The lowest BCUT2D eigenvalue weighted by molar-refractivity contribution is -0.145. The number of rotatable bonds is 28. The predicted octanol–water partition coefficient (Wildman–Crippen LogP) is 11.9. The van der Waals surface area contributed by atoms with E-state index in [2.05, 4.69) is 41.5 Å². The van der Waals surface area contributed by atoms with Crippen LogP contribution in [0.1, 0.15) is 196 Å². The minimum atomic E-state index is -0.560. The molecule has 0 saturated carbocycles. The van der Waals surface area contributed by atoms with Gasteiger partial charge < -0.3 is 9.84 Å². The minimum Gasteiger partial charge on any atom is -0.481 e. The van der Waals surface area contributed by atoms with E-state index in [1.54, 1.807) is 0 Å². The van der Waals surface area contributed by atoms with E-state index in [-0.39, 0.29) is 11.9 Å². The number of ether oxygens (including phenoxy) is 1. The highest BCUT2D eigenvalue weighted by Gasteiger charge is 2.26. The van der Waals surface area contributed by atoms with Gasteiger partial charge in [0.25, 0.3) is 0 Å². The highest BCUT2D eigenvalue weighted by molar-refractivity contribution is 5.70. The molecular formula is C36H72O4. The van der Waals surface area contributed by atoms with Gasteiger partial charge in [-0.25, -0.2) is 0 Å². The van der Waals surface area contributed by atoms with Gasteiger partial charge in [-0.05, 0) is 50.4 Å². The van der Waals surface area contributed by atoms with Gasteiger partial charge in [0.05, 0.1) is 12.5 Å². The molecule has 240 valence electrons. The second-order valence-electron chi connectivity index (χ2n) is 12.2. The van der Waals surface area contributed by atoms with Crippen LogP contribution in [0.4, 0.5) is 0 Å². The van der Waals surface area contributed by atoms with Crippen LogP contribution in [0.3, 0.4) is 0 Å². The number of unbranched alkanes of at least 4 members (excludes halogenated alkanes) is 12. The summed E-state index contributed by atoms with van der Waals surface area (Å²) in [6, 6.07) is 0. The van der Waals surface area contributed by atoms with Crippen molar-refractivity contribution < 1.29 is 19.4 Å². The SMILES string of the molecule is CCCCCCC(CCC)C(CCCCCC)C(=O)O.CCCCCCCC(=O)OCC(CCC)CCCCC. The molecule has 0 spiro atoms. The first-order valence-corrected chi connectivity index (χ1v) is 17.8. The lowest BCUT2D eigenvalue weighted by Gasteiger charge is -2.24. The monoisotopic (exact) mass is 569 g/mol. The second kappa shape index (κ2) is 32.5. The molecule has 0 aromatic rings. The molecule has 1 N–H and O–H groups in total. The summed E-state index contributed by atoms with van der Waals surface area (Å²) in [6.45, 7) is 13.9. The van der Waals surface area contributed by atoms with Gasteiger partial charge in [0, 0.05) is 6.42 Å². The molecule has 4 heteroatoms. The summed E-state index contributed by atoms with van der Waals surface area (Å²) in [4.78, 5) is 23.3. The van der Waals surface area contributed by atoms with Gasteiger partial charge in [0.1, 0.15) is 0 Å². The molecule has 0 amide bonds. The van der Waals surface area contributed by atoms with Crippen LogP contribution in [0.5, 0.6) is 0 Å². The van der Waals surface area contributed by atoms with E-state index in [0.29, 0.717) is 24.9 Å². The fourth-order valence-corrected chi connectivity index (χ4v) is 5.66. The summed E-state index contributed by atoms with van der Waals surface area (Å²) in [6.07, 6.45) is 27.9. The highest BCUT2D eigenvalue weighted by Crippen LogP contribution is 2.29. The van der Waals surface area contributed by atoms with Crippen molar-refractivity contribution >= 4 is 11.9 Å². The Hall–Kier alpha value is -1.06. The third-order valence-electron chi connectivity index (χ3n) is 8.22. The Morgan fingerprint density at radius 1 is 0.525 bits per heavy atom. The maximum absolute atomic E-state index is 11.7. The molecule has 0 aliphatic carbocycles. The molecule has 0 heterocycles. The van der Waals surface area contributed by atoms with E-state index < -0.39 is 5.97 Å². The number of aliphatic carboxylic acids is 1. The number of hydrogen-bond acceptors (Lipinski definition) is 3. The van der Waals surface area contributed by atoms with E-state index in [0.717, 1.165) is 44.9 Å². The number of carboxylic acid groups (broad SMARTS) is 1. The standard InChI is InChI=1S/2C18H36O2/c1-4-7-9-10-12-15-18(19)20-16-17(13-6-3)14-11-8-5-2;1-4-7-9-11-14-16(13-6-3)17(18(19)20)15-12-10-8-5-2/h17H,4-16H2,1-3H3;16-17H,4-15H2,1-3H3,(H,19,20). The first-order valence-electron chi connectivity index (χ1n) is 17.8. The Labute approximate surface area is 251 Å². The van der Waals surface area contributed by atoms with Crippen molar-refractivity contribution in [3.05, 3.63) is 0 Å². The third-order valence-corrected chi connectivity index (χ3v) is 8.22. The van der Waals surface area contributed by atoms with E-state index in [4.69, 9.17) is 4.74 Å². The Bertz CT molecular complexity index is 533. The van der Waals surface area contributed by atoms with Crippen LogP contribution >= 0.6 is 0 Å². The Morgan fingerprint density at radius 3 is 1.52 bits per heavy atom. The summed E-state index contributed by atoms with van der Waals surface area (Å²) < 4.78 is 5.46. The van der Waals surface area contributed by atoms with Gasteiger partial charge in [0.15, 0.2) is 0 Å². The quantitative estimate of drug-likeness (QED) is 0.0753. The van der Waals surface area contributed by atoms with Gasteiger partial charge in [-0.1, -0.05) is 151 Å². The molecule has 40 heavy (non-hydrogen) atoms. The number of carbonyl (C=O) groups excluding carboxylic acids is 1. The molecule has 3 unspecified atom stereocenters. The first-order chi connectivity index (χ1) is 19.4. The number of hydrogen-bond donors (Lipinski definition) is 1. The lowest BCUT2D eigenvalue weighted by atomic mass is 9.81. The average molecular weight is 569 g/mol. The topological polar surface area (TPSA) is 63.6 Å². The summed E-state index contributed by atoms with van der Waals surface area (Å²) >= 11 is 0. The molecule has 4 nitrogen and oxygen atoms in total. The van der Waals surface area contributed by atoms with Crippen LogP contribution in [0.15, 0.2) is 0 Å². The normalized spacial score (nSPS) is 13.2. The van der Waals surface area contributed by atoms with Crippen molar-refractivity contribution in [1.29, 1.82) is 0 Å². The summed E-state index contributed by atoms with van der Waals surface area (Å²) in [5, 5.41) is 9.53. The molecule has 3 atom stereocenters. The van der Waals surface area contributed by atoms with Crippen LogP contribution in [-0.2, 0) is 14.3 Å². The minimum absolute atomic E-state index is 0.0121. The smallest absolute Gasteiger partial charge is 0.306 e. The molecule has 0 fully saturated rings. The fourth-order valence-electron chi connectivity index (χ4n) is 5.66. The molecule has 0 aliphatic rings. The van der Waals surface area contributed by atoms with Crippen molar-refractivity contribution in [2.45, 2.75) is 196 Å². The maximum atomic E-state index is 11.7.